The van der Waals surface area contributed by atoms with Crippen LogP contribution in [0, 0.1) is 13.8 Å². The average Bonchev–Trinajstić information content (AvgIpc) is 2.63. The van der Waals surface area contributed by atoms with Crippen LogP contribution in [0.1, 0.15) is 18.1 Å². The summed E-state index contributed by atoms with van der Waals surface area (Å²) in [5.41, 5.74) is 2.22. The predicted molar refractivity (Wildman–Crippen MR) is 118 cm³/mol. The van der Waals surface area contributed by atoms with Crippen LogP contribution in [0.25, 0.3) is 0 Å². The number of nitrogens with one attached hydrogen (secondary N) is 1. The van der Waals surface area contributed by atoms with E-state index in [1.54, 1.807) is 6.07 Å². The first-order chi connectivity index (χ1) is 13.5. The zero-order chi connectivity index (χ0) is 21.8. The van der Waals surface area contributed by atoms with E-state index in [-0.39, 0.29) is 23.9 Å². The highest BCUT2D eigenvalue weighted by Gasteiger charge is 2.30. The summed E-state index contributed by atoms with van der Waals surface area (Å²) in [5, 5.41) is 3.19. The van der Waals surface area contributed by atoms with Crippen LogP contribution in [0.3, 0.4) is 0 Å². The first-order valence-corrected chi connectivity index (χ1v) is 11.5. The Bertz CT molecular complexity index is 996. The molecule has 2 rings (SSSR count). The van der Waals surface area contributed by atoms with Crippen molar-refractivity contribution >= 4 is 44.8 Å². The Balaban J connectivity index is 2.06. The first kappa shape index (κ1) is 23.3. The molecule has 9 heteroatoms. The lowest BCUT2D eigenvalue weighted by Crippen LogP contribution is -2.48. The number of halogens is 2. The minimum Gasteiger partial charge on any atom is -0.491 e. The third-order valence-electron chi connectivity index (χ3n) is 4.24. The van der Waals surface area contributed by atoms with Gasteiger partial charge in [-0.3, -0.25) is 9.10 Å². The minimum absolute atomic E-state index is 0.149. The molecule has 0 bridgehead atoms. The summed E-state index contributed by atoms with van der Waals surface area (Å²) in [4.78, 5) is 12.6. The van der Waals surface area contributed by atoms with Crippen LogP contribution in [-0.4, -0.2) is 39.8 Å². The summed E-state index contributed by atoms with van der Waals surface area (Å²) in [5.74, 6) is 0.270. The molecule has 0 saturated carbocycles. The number of hydrogen-bond donors (Lipinski definition) is 1. The smallest absolute Gasteiger partial charge is 0.243 e. The molecule has 0 aliphatic heterocycles. The van der Waals surface area contributed by atoms with E-state index >= 15 is 0 Å². The zero-order valence-corrected chi connectivity index (χ0v) is 19.0. The van der Waals surface area contributed by atoms with Gasteiger partial charge in [-0.1, -0.05) is 35.3 Å². The summed E-state index contributed by atoms with van der Waals surface area (Å²) < 4.78 is 31.4. The fraction of sp³-hybridized carbons (Fsp3) is 0.350. The fourth-order valence-corrected chi connectivity index (χ4v) is 4.39. The molecule has 6 nitrogen and oxygen atoms in total. The Morgan fingerprint density at radius 2 is 1.86 bits per heavy atom. The van der Waals surface area contributed by atoms with Gasteiger partial charge in [0.05, 0.1) is 23.5 Å². The normalized spacial score (nSPS) is 12.3. The van der Waals surface area contributed by atoms with Crippen molar-refractivity contribution in [1.29, 1.82) is 0 Å². The maximum absolute atomic E-state index is 12.6. The molecule has 1 N–H and O–H groups in total. The van der Waals surface area contributed by atoms with Crippen LogP contribution in [0.5, 0.6) is 5.75 Å². The number of aryl methyl sites for hydroxylation is 2. The van der Waals surface area contributed by atoms with Crippen molar-refractivity contribution in [2.45, 2.75) is 26.8 Å². The SMILES string of the molecule is Cc1ccc(C)c(OCCNC(=O)[C@@H](C)N(c2cc(Cl)ccc2Cl)S(C)(=O)=O)c1. The molecule has 0 spiro atoms. The molecule has 0 aliphatic rings. The third-order valence-corrected chi connectivity index (χ3v) is 6.02. The second kappa shape index (κ2) is 9.69. The van der Waals surface area contributed by atoms with Crippen molar-refractivity contribution in [3.05, 3.63) is 57.6 Å². The highest BCUT2D eigenvalue weighted by Crippen LogP contribution is 2.32. The lowest BCUT2D eigenvalue weighted by atomic mass is 10.1. The highest BCUT2D eigenvalue weighted by molar-refractivity contribution is 7.92. The maximum Gasteiger partial charge on any atom is 0.243 e. The topological polar surface area (TPSA) is 75.7 Å². The Hall–Kier alpha value is -1.96. The molecular formula is C20H24Cl2N2O4S. The third kappa shape index (κ3) is 6.26. The standard InChI is InChI=1S/C20H24Cl2N2O4S/c1-13-5-6-14(2)19(11-13)28-10-9-23-20(25)15(3)24(29(4,26)27)18-12-16(21)7-8-17(18)22/h5-8,11-12,15H,9-10H2,1-4H3,(H,23,25)/t15-/m1/s1. The summed E-state index contributed by atoms with van der Waals surface area (Å²) in [6.07, 6.45) is 1.01. The van der Waals surface area contributed by atoms with Gasteiger partial charge in [0.15, 0.2) is 0 Å². The van der Waals surface area contributed by atoms with Crippen LogP contribution in [0.2, 0.25) is 10.0 Å². The van der Waals surface area contributed by atoms with Gasteiger partial charge >= 0.3 is 0 Å². The number of hydrogen-bond acceptors (Lipinski definition) is 4. The van der Waals surface area contributed by atoms with Crippen LogP contribution in [0.4, 0.5) is 5.69 Å². The maximum atomic E-state index is 12.6. The van der Waals surface area contributed by atoms with E-state index in [2.05, 4.69) is 5.32 Å². The molecule has 1 atom stereocenters. The van der Waals surface area contributed by atoms with Crippen molar-refractivity contribution in [3.63, 3.8) is 0 Å². The first-order valence-electron chi connectivity index (χ1n) is 8.93. The van der Waals surface area contributed by atoms with Gasteiger partial charge in [-0.05, 0) is 56.2 Å². The molecule has 0 unspecified atom stereocenters. The molecular weight excluding hydrogens is 435 g/mol. The van der Waals surface area contributed by atoms with Gasteiger partial charge in [0, 0.05) is 5.02 Å². The van der Waals surface area contributed by atoms with E-state index in [0.29, 0.717) is 5.02 Å². The van der Waals surface area contributed by atoms with Crippen LogP contribution < -0.4 is 14.4 Å². The lowest BCUT2D eigenvalue weighted by Gasteiger charge is -2.29. The summed E-state index contributed by atoms with van der Waals surface area (Å²) >= 11 is 12.1. The lowest BCUT2D eigenvalue weighted by molar-refractivity contribution is -0.121. The molecule has 0 fully saturated rings. The molecule has 0 heterocycles. The summed E-state index contributed by atoms with van der Waals surface area (Å²) in [7, 11) is -3.79. The Morgan fingerprint density at radius 3 is 2.52 bits per heavy atom. The molecule has 1 amide bonds. The molecule has 2 aromatic carbocycles. The second-order valence-corrected chi connectivity index (χ2v) is 9.44. The van der Waals surface area contributed by atoms with Gasteiger partial charge in [-0.25, -0.2) is 8.42 Å². The fourth-order valence-electron chi connectivity index (χ4n) is 2.78. The van der Waals surface area contributed by atoms with E-state index in [0.717, 1.165) is 27.4 Å². The molecule has 29 heavy (non-hydrogen) atoms. The largest absolute Gasteiger partial charge is 0.491 e. The summed E-state index contributed by atoms with van der Waals surface area (Å²) in [6.45, 7) is 5.86. The number of anilines is 1. The average molecular weight is 459 g/mol. The Morgan fingerprint density at radius 1 is 1.17 bits per heavy atom. The number of sulfonamides is 1. The van der Waals surface area contributed by atoms with Gasteiger partial charge < -0.3 is 10.1 Å². The van der Waals surface area contributed by atoms with Crippen molar-refractivity contribution in [1.82, 2.24) is 5.32 Å². The van der Waals surface area contributed by atoms with Crippen molar-refractivity contribution in [3.8, 4) is 5.75 Å². The molecule has 0 saturated heterocycles. The molecule has 158 valence electrons. The molecule has 0 aromatic heterocycles. The molecule has 2 aromatic rings. The number of rotatable bonds is 8. The van der Waals surface area contributed by atoms with E-state index in [4.69, 9.17) is 27.9 Å². The van der Waals surface area contributed by atoms with E-state index in [9.17, 15) is 13.2 Å². The van der Waals surface area contributed by atoms with Gasteiger partial charge in [0.1, 0.15) is 18.4 Å². The quantitative estimate of drug-likeness (QED) is 0.607. The van der Waals surface area contributed by atoms with Crippen LogP contribution in [0.15, 0.2) is 36.4 Å². The van der Waals surface area contributed by atoms with Crippen molar-refractivity contribution in [2.75, 3.05) is 23.7 Å². The number of carbonyl (C=O) groups is 1. The van der Waals surface area contributed by atoms with Crippen LogP contribution in [-0.2, 0) is 14.8 Å². The van der Waals surface area contributed by atoms with Gasteiger partial charge in [0.25, 0.3) is 0 Å². The summed E-state index contributed by atoms with van der Waals surface area (Å²) in [6, 6.07) is 9.30. The van der Waals surface area contributed by atoms with Crippen molar-refractivity contribution in [2.24, 2.45) is 0 Å². The zero-order valence-electron chi connectivity index (χ0n) is 16.7. The van der Waals surface area contributed by atoms with Gasteiger partial charge in [-0.2, -0.15) is 0 Å². The number of carbonyl (C=O) groups excluding carboxylic acids is 1. The second-order valence-electron chi connectivity index (χ2n) is 6.74. The van der Waals surface area contributed by atoms with E-state index < -0.39 is 22.0 Å². The number of nitrogens with zero attached hydrogens (tertiary/aromatic N) is 1. The molecule has 0 radical (unpaired) electrons. The van der Waals surface area contributed by atoms with Gasteiger partial charge in [-0.15, -0.1) is 0 Å². The molecule has 0 aliphatic carbocycles. The van der Waals surface area contributed by atoms with E-state index in [1.807, 2.05) is 32.0 Å². The van der Waals surface area contributed by atoms with Gasteiger partial charge in [0.2, 0.25) is 15.9 Å². The Kier molecular flexibility index (Phi) is 7.80. The number of ether oxygens (including phenoxy) is 1. The highest BCUT2D eigenvalue weighted by atomic mass is 35.5. The van der Waals surface area contributed by atoms with Crippen molar-refractivity contribution < 1.29 is 17.9 Å². The van der Waals surface area contributed by atoms with Crippen LogP contribution >= 0.6 is 23.2 Å². The number of benzene rings is 2. The predicted octanol–water partition coefficient (Wildman–Crippen LogP) is 3.96. The Labute approximate surface area is 181 Å². The minimum atomic E-state index is -3.79. The van der Waals surface area contributed by atoms with E-state index in [1.165, 1.54) is 19.1 Å². The monoisotopic (exact) mass is 458 g/mol. The number of amides is 1.